The molecule has 7 amide bonds. The summed E-state index contributed by atoms with van der Waals surface area (Å²) in [5, 5.41) is 203. The third-order valence-corrected chi connectivity index (χ3v) is 23.2. The van der Waals surface area contributed by atoms with Gasteiger partial charge in [0.2, 0.25) is 35.4 Å². The molecule has 4 fully saturated rings. The molecule has 0 radical (unpaired) electrons. The number of aromatic hydroxyl groups is 20. The number of rotatable bonds is 22. The number of likely N-dealkylation sites (tertiary alicyclic amines) is 1. The maximum atomic E-state index is 12.9. The Labute approximate surface area is 746 Å². The first-order valence-corrected chi connectivity index (χ1v) is 41.5. The summed E-state index contributed by atoms with van der Waals surface area (Å²) in [5.74, 6) is -5.79. The summed E-state index contributed by atoms with van der Waals surface area (Å²) in [6, 6.07) is 39.8. The molecule has 10 aromatic rings. The predicted octanol–water partition coefficient (Wildman–Crippen LogP) is 9.17. The number of nitrogens with one attached hydrogen (secondary N) is 5. The van der Waals surface area contributed by atoms with Crippen molar-refractivity contribution in [3.63, 3.8) is 0 Å². The largest absolute Gasteiger partial charge is 0.504 e. The zero-order valence-corrected chi connectivity index (χ0v) is 71.3. The van der Waals surface area contributed by atoms with Crippen LogP contribution in [0.4, 0.5) is 5.69 Å². The van der Waals surface area contributed by atoms with Crippen molar-refractivity contribution >= 4 is 47.0 Å². The number of carbonyl (C=O) groups excluding carboxylic acids is 7. The smallest absolute Gasteiger partial charge is 0.251 e. The first kappa shape index (κ1) is 96.7. The lowest BCUT2D eigenvalue weighted by Gasteiger charge is -2.42. The van der Waals surface area contributed by atoms with Gasteiger partial charge in [-0.1, -0.05) is 68.8 Å². The van der Waals surface area contributed by atoms with Crippen LogP contribution in [0.1, 0.15) is 119 Å². The number of piperazine rings is 2. The lowest BCUT2D eigenvalue weighted by atomic mass is 9.81. The summed E-state index contributed by atoms with van der Waals surface area (Å²) in [7, 11) is 3.11. The SMILES string of the molecule is CC(c1ccc(O)c(O)c1)C(C)c1ccc(O)c(O)c1.CN1C(=O)C(Cc2ccc(O)c(O)c2)N(C)C(=O)C1Cc1ccc(O)c(O)c1.O=C(NCC1CCCC(CNCc2ccc(O)c(O)c2)C1)c1ccc(O)c(O)c1.O=C(Nc1ccc(O)c(O)c1)C1CCCN1C(=O)Cc1ccc(O)c(O)c1.O=C1NC(Cc2ccc(O)c(O)c2)C(=O)NC1Cc1ccc(O)c(O)c1. The minimum atomic E-state index is -0.795. The van der Waals surface area contributed by atoms with E-state index in [0.717, 1.165) is 48.9 Å². The predicted molar refractivity (Wildman–Crippen MR) is 473 cm³/mol. The minimum Gasteiger partial charge on any atom is -0.504 e. The lowest BCUT2D eigenvalue weighted by Crippen LogP contribution is -2.63. The van der Waals surface area contributed by atoms with Crippen molar-refractivity contribution in [1.29, 1.82) is 0 Å². The van der Waals surface area contributed by atoms with Crippen LogP contribution in [0.2, 0.25) is 0 Å². The van der Waals surface area contributed by atoms with Gasteiger partial charge in [-0.2, -0.15) is 0 Å². The van der Waals surface area contributed by atoms with Crippen LogP contribution in [-0.2, 0) is 67.4 Å². The van der Waals surface area contributed by atoms with Crippen molar-refractivity contribution in [3.05, 3.63) is 232 Å². The summed E-state index contributed by atoms with van der Waals surface area (Å²) in [6.07, 6.45) is 6.29. The van der Waals surface area contributed by atoms with Gasteiger partial charge in [0.05, 0.1) is 6.42 Å². The van der Waals surface area contributed by atoms with Gasteiger partial charge in [0.15, 0.2) is 115 Å². The standard InChI is InChI=1S/C22H28N2O5.C20H22N2O6.C19H20N2O6.C18H18N2O6.C16H18O4/c25-18-6-4-16(9-20(18)27)12-23-11-14-2-1-3-15(8-14)13-24-22(29)17-5-7-19(26)21(28)10-17;1-21-13(7-11-3-5-15(23)17(25)9-11)20(28)22(2)14(19(21)27)8-12-4-6-16(24)18(26)10-12;22-14-5-3-11(8-16(14)24)9-18(26)21-7-1-2-13(21)19(27)20-12-4-6-15(23)17(25)10-12;21-13-3-1-9(7-15(13)23)5-11-17(25)20-12(18(26)19-11)6-10-2-4-14(22)16(24)8-10;1-9(11-3-5-13(17)15(19)7-11)10(2)12-4-6-14(18)16(20)8-12/h4-7,9-10,14-15,23,25-28H,1-3,8,11-13H2,(H,24,29);3-6,9-10,13-14,23-26H,7-8H2,1-2H3;3-6,8,10,13,22-25H,1-2,7,9H2,(H,20,27);1-4,7-8,11-12,21-24H,5-6H2,(H,19,26)(H,20,25);3-10,17-20H,1-2H3. The molecule has 4 aliphatic rings. The Balaban J connectivity index is 0.000000170. The molecule has 1 saturated carbocycles. The summed E-state index contributed by atoms with van der Waals surface area (Å²) in [4.78, 5) is 92.0. The van der Waals surface area contributed by atoms with Gasteiger partial charge in [-0.3, -0.25) is 33.6 Å². The van der Waals surface area contributed by atoms with Crippen LogP contribution in [0, 0.1) is 11.8 Å². The third kappa shape index (κ3) is 25.6. The number of phenolic OH excluding ortho intramolecular Hbond substituents is 20. The number of hydrogen-bond donors (Lipinski definition) is 25. The Hall–Kier alpha value is -15.6. The number of carbonyl (C=O) groups is 7. The van der Waals surface area contributed by atoms with E-state index in [1.807, 2.05) is 13.8 Å². The molecule has 3 heterocycles. The number of amides is 7. The molecule has 0 spiro atoms. The van der Waals surface area contributed by atoms with E-state index in [-0.39, 0.29) is 200 Å². The van der Waals surface area contributed by atoms with E-state index in [9.17, 15) is 136 Å². The minimum absolute atomic E-state index is 0.00236. The quantitative estimate of drug-likeness (QED) is 0.0222. The topological polar surface area (TPSA) is 594 Å². The van der Waals surface area contributed by atoms with E-state index in [2.05, 4.69) is 26.6 Å². The molecular formula is C95H106N8O27. The van der Waals surface area contributed by atoms with Crippen LogP contribution < -0.4 is 26.6 Å². The first-order chi connectivity index (χ1) is 61.7. The average molecular weight is 1790 g/mol. The van der Waals surface area contributed by atoms with Gasteiger partial charge in [-0.15, -0.1) is 0 Å². The zero-order chi connectivity index (χ0) is 94.6. The molecule has 9 unspecified atom stereocenters. The van der Waals surface area contributed by atoms with Crippen LogP contribution in [0.3, 0.4) is 0 Å². The molecule has 9 atom stereocenters. The van der Waals surface area contributed by atoms with E-state index < -0.39 is 30.2 Å². The first-order valence-electron chi connectivity index (χ1n) is 41.5. The molecule has 14 rings (SSSR count). The van der Waals surface area contributed by atoms with Gasteiger partial charge in [0.25, 0.3) is 5.91 Å². The Kier molecular flexibility index (Phi) is 32.4. The number of anilines is 1. The molecule has 3 saturated heterocycles. The fourth-order valence-electron chi connectivity index (χ4n) is 15.4. The highest BCUT2D eigenvalue weighted by molar-refractivity contribution is 5.99. The summed E-state index contributed by atoms with van der Waals surface area (Å²) in [5.41, 5.74) is 6.27. The lowest BCUT2D eigenvalue weighted by molar-refractivity contribution is -0.158. The fourth-order valence-corrected chi connectivity index (χ4v) is 15.4. The van der Waals surface area contributed by atoms with Crippen molar-refractivity contribution in [2.24, 2.45) is 11.8 Å². The molecule has 0 aromatic heterocycles. The Morgan fingerprint density at radius 1 is 0.377 bits per heavy atom. The molecule has 1 aliphatic carbocycles. The highest BCUT2D eigenvalue weighted by Crippen LogP contribution is 2.41. The number of hydrogen-bond acceptors (Lipinski definition) is 28. The normalized spacial score (nSPS) is 18.0. The molecule has 25 N–H and O–H groups in total. The highest BCUT2D eigenvalue weighted by atomic mass is 16.3. The van der Waals surface area contributed by atoms with Crippen LogP contribution in [0.15, 0.2) is 182 Å². The van der Waals surface area contributed by atoms with Crippen LogP contribution in [-0.4, -0.2) is 222 Å². The second-order valence-electron chi connectivity index (χ2n) is 32.4. The van der Waals surface area contributed by atoms with Crippen molar-refractivity contribution < 1.29 is 136 Å². The zero-order valence-electron chi connectivity index (χ0n) is 71.3. The van der Waals surface area contributed by atoms with Gasteiger partial charge < -0.3 is 143 Å². The molecular weight excluding hydrogens is 1690 g/mol. The molecule has 3 aliphatic heterocycles. The average Bonchev–Trinajstić information content (AvgIpc) is 0.858. The monoisotopic (exact) mass is 1790 g/mol. The second kappa shape index (κ2) is 43.6. The summed E-state index contributed by atoms with van der Waals surface area (Å²) < 4.78 is 0. The van der Waals surface area contributed by atoms with Crippen LogP contribution in [0.25, 0.3) is 0 Å². The molecule has 10 aromatic carbocycles. The van der Waals surface area contributed by atoms with E-state index in [0.29, 0.717) is 83.4 Å². The van der Waals surface area contributed by atoms with Crippen LogP contribution >= 0.6 is 0 Å². The maximum Gasteiger partial charge on any atom is 0.251 e. The number of nitrogens with zero attached hydrogens (tertiary/aromatic N) is 3. The van der Waals surface area contributed by atoms with E-state index in [1.54, 1.807) is 62.6 Å². The number of phenols is 20. The molecule has 35 heteroatoms. The van der Waals surface area contributed by atoms with Crippen molar-refractivity contribution in [3.8, 4) is 115 Å². The molecule has 35 nitrogen and oxygen atoms in total. The van der Waals surface area contributed by atoms with Gasteiger partial charge >= 0.3 is 0 Å². The fraction of sp³-hybridized carbons (Fsp3) is 0.295. The van der Waals surface area contributed by atoms with E-state index in [1.165, 1.54) is 148 Å². The van der Waals surface area contributed by atoms with E-state index >= 15 is 0 Å². The molecule has 688 valence electrons. The highest BCUT2D eigenvalue weighted by Gasteiger charge is 2.43. The van der Waals surface area contributed by atoms with Gasteiger partial charge in [0, 0.05) is 76.7 Å². The number of benzene rings is 10. The third-order valence-electron chi connectivity index (χ3n) is 23.2. The van der Waals surface area contributed by atoms with Crippen molar-refractivity contribution in [2.45, 2.75) is 133 Å². The van der Waals surface area contributed by atoms with Gasteiger partial charge in [0.1, 0.15) is 30.2 Å². The van der Waals surface area contributed by atoms with E-state index in [4.69, 9.17) is 0 Å². The summed E-state index contributed by atoms with van der Waals surface area (Å²) in [6.45, 7) is 6.51. The van der Waals surface area contributed by atoms with Gasteiger partial charge in [-0.05, 0) is 234 Å². The summed E-state index contributed by atoms with van der Waals surface area (Å²) >= 11 is 0. The molecule has 0 bridgehead atoms. The Bertz CT molecular complexity index is 5480. The number of likely N-dealkylation sites (N-methyl/N-ethyl adjacent to an activating group) is 2. The Morgan fingerprint density at radius 3 is 1.13 bits per heavy atom. The maximum absolute atomic E-state index is 12.9. The van der Waals surface area contributed by atoms with Gasteiger partial charge in [-0.25, -0.2) is 0 Å². The van der Waals surface area contributed by atoms with Crippen molar-refractivity contribution in [2.75, 3.05) is 39.0 Å². The molecule has 130 heavy (non-hydrogen) atoms. The van der Waals surface area contributed by atoms with Crippen LogP contribution in [0.5, 0.6) is 115 Å². The van der Waals surface area contributed by atoms with Crippen molar-refractivity contribution in [1.82, 2.24) is 36.0 Å². The Morgan fingerprint density at radius 2 is 0.723 bits per heavy atom. The second-order valence-corrected chi connectivity index (χ2v) is 32.4.